The summed E-state index contributed by atoms with van der Waals surface area (Å²) in [6.45, 7) is 2.37. The van der Waals surface area contributed by atoms with Gasteiger partial charge in [0.2, 0.25) is 0 Å². The molecule has 2 N–H and O–H groups in total. The van der Waals surface area contributed by atoms with Gasteiger partial charge in [0.15, 0.2) is 11.5 Å². The summed E-state index contributed by atoms with van der Waals surface area (Å²) < 4.78 is 24.3. The van der Waals surface area contributed by atoms with Crippen LogP contribution in [0.5, 0.6) is 11.5 Å². The van der Waals surface area contributed by atoms with Crippen molar-refractivity contribution in [3.63, 3.8) is 0 Å². The molecule has 1 heterocycles. The molecule has 5 nitrogen and oxygen atoms in total. The average Bonchev–Trinajstić information content (AvgIpc) is 2.93. The van der Waals surface area contributed by atoms with E-state index in [0.29, 0.717) is 29.6 Å². The summed E-state index contributed by atoms with van der Waals surface area (Å²) in [6, 6.07) is 3.48. The third-order valence-corrected chi connectivity index (χ3v) is 3.45. The van der Waals surface area contributed by atoms with Crippen LogP contribution in [0, 0.1) is 5.82 Å². The summed E-state index contributed by atoms with van der Waals surface area (Å²) in [6.07, 6.45) is 1.08. The van der Waals surface area contributed by atoms with Crippen molar-refractivity contribution in [2.24, 2.45) is 0 Å². The van der Waals surface area contributed by atoms with Crippen molar-refractivity contribution < 1.29 is 13.9 Å². The zero-order valence-corrected chi connectivity index (χ0v) is 12.2. The first-order valence-corrected chi connectivity index (χ1v) is 6.71. The molecular formula is C14H22FN3O2. The highest BCUT2D eigenvalue weighted by molar-refractivity contribution is 5.43. The predicted octanol–water partition coefficient (Wildman–Crippen LogP) is 1.14. The van der Waals surface area contributed by atoms with Gasteiger partial charge in [0.05, 0.1) is 14.2 Å². The number of likely N-dealkylation sites (N-methyl/N-ethyl adjacent to an activating group) is 1. The van der Waals surface area contributed by atoms with E-state index in [1.54, 1.807) is 13.2 Å². The fourth-order valence-corrected chi connectivity index (χ4v) is 2.42. The lowest BCUT2D eigenvalue weighted by Gasteiger charge is -2.21. The van der Waals surface area contributed by atoms with Crippen LogP contribution in [0.4, 0.5) is 4.39 Å². The van der Waals surface area contributed by atoms with Gasteiger partial charge in [0, 0.05) is 37.3 Å². The molecule has 0 amide bonds. The first-order chi connectivity index (χ1) is 9.63. The lowest BCUT2D eigenvalue weighted by molar-refractivity contribution is 0.284. The van der Waals surface area contributed by atoms with Gasteiger partial charge in [-0.15, -0.1) is 0 Å². The Morgan fingerprint density at radius 1 is 1.30 bits per heavy atom. The van der Waals surface area contributed by atoms with Crippen molar-refractivity contribution in [3.05, 3.63) is 23.5 Å². The Morgan fingerprint density at radius 3 is 2.60 bits per heavy atom. The number of methoxy groups -OCH3 is 2. The molecular weight excluding hydrogens is 261 g/mol. The van der Waals surface area contributed by atoms with Crippen molar-refractivity contribution in [1.29, 1.82) is 0 Å². The summed E-state index contributed by atoms with van der Waals surface area (Å²) in [5.74, 6) is 0.697. The van der Waals surface area contributed by atoms with Gasteiger partial charge in [-0.1, -0.05) is 0 Å². The van der Waals surface area contributed by atoms with Crippen LogP contribution in [0.2, 0.25) is 0 Å². The van der Waals surface area contributed by atoms with E-state index in [0.717, 1.165) is 19.5 Å². The molecule has 1 saturated heterocycles. The Bertz CT molecular complexity index is 450. The van der Waals surface area contributed by atoms with E-state index >= 15 is 0 Å². The van der Waals surface area contributed by atoms with E-state index in [-0.39, 0.29) is 5.82 Å². The van der Waals surface area contributed by atoms with Crippen molar-refractivity contribution in [1.82, 2.24) is 15.8 Å². The Labute approximate surface area is 119 Å². The Balaban J connectivity index is 2.03. The van der Waals surface area contributed by atoms with Gasteiger partial charge < -0.3 is 14.4 Å². The normalized spacial score (nSPS) is 18.6. The molecule has 1 fully saturated rings. The van der Waals surface area contributed by atoms with Crippen LogP contribution in [0.25, 0.3) is 0 Å². The molecule has 0 aliphatic carbocycles. The maximum absolute atomic E-state index is 14.0. The van der Waals surface area contributed by atoms with Gasteiger partial charge in [-0.25, -0.2) is 4.39 Å². The van der Waals surface area contributed by atoms with Gasteiger partial charge in [-0.3, -0.25) is 10.9 Å². The van der Waals surface area contributed by atoms with Gasteiger partial charge in [-0.05, 0) is 19.5 Å². The first-order valence-electron chi connectivity index (χ1n) is 6.71. The molecule has 0 radical (unpaired) electrons. The molecule has 1 unspecified atom stereocenters. The highest BCUT2D eigenvalue weighted by Crippen LogP contribution is 2.30. The van der Waals surface area contributed by atoms with Crippen LogP contribution < -0.4 is 20.3 Å². The van der Waals surface area contributed by atoms with E-state index in [1.165, 1.54) is 13.2 Å². The van der Waals surface area contributed by atoms with Crippen molar-refractivity contribution in [2.45, 2.75) is 19.0 Å². The lowest BCUT2D eigenvalue weighted by Crippen LogP contribution is -2.38. The number of nitrogens with zero attached hydrogens (tertiary/aromatic N) is 1. The zero-order valence-electron chi connectivity index (χ0n) is 12.2. The molecule has 0 saturated carbocycles. The molecule has 1 aliphatic rings. The monoisotopic (exact) mass is 283 g/mol. The molecule has 6 heteroatoms. The van der Waals surface area contributed by atoms with Crippen LogP contribution in [0.15, 0.2) is 12.1 Å². The Hall–Kier alpha value is -1.37. The first kappa shape index (κ1) is 15.0. The molecule has 0 spiro atoms. The summed E-state index contributed by atoms with van der Waals surface area (Å²) in [4.78, 5) is 2.09. The van der Waals surface area contributed by atoms with Crippen LogP contribution in [-0.2, 0) is 6.54 Å². The SMILES string of the molecule is COc1cc(F)c(CN(C)CC2CCNN2)cc1OC. The van der Waals surface area contributed by atoms with Crippen molar-refractivity contribution in [2.75, 3.05) is 34.4 Å². The second kappa shape index (κ2) is 6.88. The molecule has 1 atom stereocenters. The van der Waals surface area contributed by atoms with E-state index < -0.39 is 0 Å². The van der Waals surface area contributed by atoms with Crippen molar-refractivity contribution >= 4 is 0 Å². The maximum atomic E-state index is 14.0. The molecule has 0 bridgehead atoms. The van der Waals surface area contributed by atoms with E-state index in [9.17, 15) is 4.39 Å². The summed E-state index contributed by atoms with van der Waals surface area (Å²) in [5.41, 5.74) is 6.91. The smallest absolute Gasteiger partial charge is 0.163 e. The predicted molar refractivity (Wildman–Crippen MR) is 75.4 cm³/mol. The molecule has 112 valence electrons. The van der Waals surface area contributed by atoms with E-state index in [2.05, 4.69) is 15.8 Å². The molecule has 1 aliphatic heterocycles. The number of ether oxygens (including phenoxy) is 2. The number of halogens is 1. The molecule has 2 rings (SSSR count). The standard InChI is InChI=1S/C14H22FN3O2/c1-18(9-11-4-5-16-17-11)8-10-6-13(19-2)14(20-3)7-12(10)15/h6-7,11,16-17H,4-5,8-9H2,1-3H3. The minimum atomic E-state index is -0.271. The number of hydrogen-bond donors (Lipinski definition) is 2. The molecule has 1 aromatic carbocycles. The van der Waals surface area contributed by atoms with Gasteiger partial charge >= 0.3 is 0 Å². The van der Waals surface area contributed by atoms with Crippen LogP contribution in [-0.4, -0.2) is 45.3 Å². The number of benzene rings is 1. The number of nitrogens with one attached hydrogen (secondary N) is 2. The molecule has 0 aromatic heterocycles. The van der Waals surface area contributed by atoms with Crippen molar-refractivity contribution in [3.8, 4) is 11.5 Å². The van der Waals surface area contributed by atoms with E-state index in [4.69, 9.17) is 9.47 Å². The van der Waals surface area contributed by atoms with Crippen LogP contribution >= 0.6 is 0 Å². The van der Waals surface area contributed by atoms with E-state index in [1.807, 2.05) is 7.05 Å². The summed E-state index contributed by atoms with van der Waals surface area (Å²) in [5, 5.41) is 0. The minimum absolute atomic E-state index is 0.271. The fraction of sp³-hybridized carbons (Fsp3) is 0.571. The Morgan fingerprint density at radius 2 is 2.00 bits per heavy atom. The largest absolute Gasteiger partial charge is 0.493 e. The quantitative estimate of drug-likeness (QED) is 0.820. The third-order valence-electron chi connectivity index (χ3n) is 3.45. The fourth-order valence-electron chi connectivity index (χ4n) is 2.42. The minimum Gasteiger partial charge on any atom is -0.493 e. The lowest BCUT2D eigenvalue weighted by atomic mass is 10.1. The highest BCUT2D eigenvalue weighted by Gasteiger charge is 2.17. The van der Waals surface area contributed by atoms with Gasteiger partial charge in [0.1, 0.15) is 5.82 Å². The molecule has 20 heavy (non-hydrogen) atoms. The molecule has 1 aromatic rings. The summed E-state index contributed by atoms with van der Waals surface area (Å²) >= 11 is 0. The van der Waals surface area contributed by atoms with Gasteiger partial charge in [-0.2, -0.15) is 0 Å². The third kappa shape index (κ3) is 3.59. The number of rotatable bonds is 6. The maximum Gasteiger partial charge on any atom is 0.163 e. The number of hydrogen-bond acceptors (Lipinski definition) is 5. The second-order valence-corrected chi connectivity index (χ2v) is 5.05. The summed E-state index contributed by atoms with van der Waals surface area (Å²) in [7, 11) is 5.04. The average molecular weight is 283 g/mol. The van der Waals surface area contributed by atoms with Crippen LogP contribution in [0.3, 0.4) is 0 Å². The van der Waals surface area contributed by atoms with Gasteiger partial charge in [0.25, 0.3) is 0 Å². The number of hydrazine groups is 1. The Kier molecular flexibility index (Phi) is 5.17. The highest BCUT2D eigenvalue weighted by atomic mass is 19.1. The topological polar surface area (TPSA) is 45.8 Å². The second-order valence-electron chi connectivity index (χ2n) is 5.05. The van der Waals surface area contributed by atoms with Crippen LogP contribution in [0.1, 0.15) is 12.0 Å². The zero-order chi connectivity index (χ0) is 14.5.